The Labute approximate surface area is 86.0 Å². The van der Waals surface area contributed by atoms with Gasteiger partial charge in [-0.2, -0.15) is 8.78 Å². The number of alkyl halides is 2. The molecule has 1 saturated heterocycles. The summed E-state index contributed by atoms with van der Waals surface area (Å²) < 4.78 is 32.9. The lowest BCUT2D eigenvalue weighted by Crippen LogP contribution is -2.40. The molecule has 1 N–H and O–H groups in total. The number of hydrogen-bond acceptors (Lipinski definition) is 3. The van der Waals surface area contributed by atoms with E-state index in [1.165, 1.54) is 12.1 Å². The van der Waals surface area contributed by atoms with Gasteiger partial charge in [0.1, 0.15) is 5.75 Å². The molecule has 1 aromatic carbocycles. The zero-order valence-corrected chi connectivity index (χ0v) is 7.95. The molecule has 82 valence electrons. The number of hydrogen-bond donors (Lipinski definition) is 1. The molecule has 0 unspecified atom stereocenters. The Hall–Kier alpha value is -1.36. The van der Waals surface area contributed by atoms with Crippen LogP contribution in [0.3, 0.4) is 0 Å². The predicted molar refractivity (Wildman–Crippen MR) is 51.3 cm³/mol. The standard InChI is InChI=1S/C10H11F2NO2/c11-10(12)15-9-3-1-7(2-4-9)13-8-5-14-6-8/h1-4,8,10,13H,5-6H2. The molecule has 1 heterocycles. The van der Waals surface area contributed by atoms with Crippen LogP contribution in [0.4, 0.5) is 14.5 Å². The lowest BCUT2D eigenvalue weighted by Gasteiger charge is -2.27. The van der Waals surface area contributed by atoms with Gasteiger partial charge in [-0.1, -0.05) is 0 Å². The van der Waals surface area contributed by atoms with Crippen molar-refractivity contribution in [2.45, 2.75) is 12.7 Å². The normalized spacial score (nSPS) is 16.2. The molecule has 0 amide bonds. The van der Waals surface area contributed by atoms with Crippen molar-refractivity contribution in [3.05, 3.63) is 24.3 Å². The van der Waals surface area contributed by atoms with E-state index in [1.54, 1.807) is 12.1 Å². The zero-order valence-electron chi connectivity index (χ0n) is 7.95. The van der Waals surface area contributed by atoms with Crippen molar-refractivity contribution in [3.8, 4) is 5.75 Å². The van der Waals surface area contributed by atoms with E-state index in [2.05, 4.69) is 10.1 Å². The van der Waals surface area contributed by atoms with Gasteiger partial charge in [0.15, 0.2) is 0 Å². The van der Waals surface area contributed by atoms with Gasteiger partial charge < -0.3 is 14.8 Å². The first kappa shape index (κ1) is 10.2. The van der Waals surface area contributed by atoms with Gasteiger partial charge in [0.2, 0.25) is 0 Å². The first-order valence-corrected chi connectivity index (χ1v) is 4.63. The summed E-state index contributed by atoms with van der Waals surface area (Å²) in [4.78, 5) is 0. The molecule has 1 fully saturated rings. The maximum Gasteiger partial charge on any atom is 0.387 e. The highest BCUT2D eigenvalue weighted by Gasteiger charge is 2.17. The highest BCUT2D eigenvalue weighted by atomic mass is 19.3. The summed E-state index contributed by atoms with van der Waals surface area (Å²) >= 11 is 0. The van der Waals surface area contributed by atoms with Crippen molar-refractivity contribution in [2.75, 3.05) is 18.5 Å². The number of benzene rings is 1. The summed E-state index contributed by atoms with van der Waals surface area (Å²) in [6, 6.07) is 6.75. The van der Waals surface area contributed by atoms with Crippen LogP contribution in [0.1, 0.15) is 0 Å². The molecule has 0 aliphatic carbocycles. The van der Waals surface area contributed by atoms with E-state index < -0.39 is 6.61 Å². The molecule has 0 radical (unpaired) electrons. The highest BCUT2D eigenvalue weighted by Crippen LogP contribution is 2.19. The van der Waals surface area contributed by atoms with Crippen LogP contribution in [0.15, 0.2) is 24.3 Å². The van der Waals surface area contributed by atoms with Gasteiger partial charge in [-0.15, -0.1) is 0 Å². The third kappa shape index (κ3) is 2.79. The summed E-state index contributed by atoms with van der Waals surface area (Å²) in [6.07, 6.45) is 0. The van der Waals surface area contributed by atoms with E-state index >= 15 is 0 Å². The highest BCUT2D eigenvalue weighted by molar-refractivity contribution is 5.47. The first-order valence-electron chi connectivity index (χ1n) is 4.63. The monoisotopic (exact) mass is 215 g/mol. The molecule has 0 saturated carbocycles. The summed E-state index contributed by atoms with van der Waals surface area (Å²) in [5, 5.41) is 3.19. The minimum atomic E-state index is -2.77. The number of ether oxygens (including phenoxy) is 2. The SMILES string of the molecule is FC(F)Oc1ccc(NC2COC2)cc1. The van der Waals surface area contributed by atoms with E-state index in [0.717, 1.165) is 5.69 Å². The minimum absolute atomic E-state index is 0.167. The van der Waals surface area contributed by atoms with Crippen LogP contribution in [0, 0.1) is 0 Å². The summed E-state index contributed by atoms with van der Waals surface area (Å²) in [7, 11) is 0. The van der Waals surface area contributed by atoms with E-state index in [9.17, 15) is 8.78 Å². The van der Waals surface area contributed by atoms with E-state index in [4.69, 9.17) is 4.74 Å². The quantitative estimate of drug-likeness (QED) is 0.834. The molecular weight excluding hydrogens is 204 g/mol. The Morgan fingerprint density at radius 3 is 2.40 bits per heavy atom. The average Bonchev–Trinajstić information content (AvgIpc) is 2.13. The van der Waals surface area contributed by atoms with Gasteiger partial charge in [0.25, 0.3) is 0 Å². The molecule has 1 aromatic rings. The van der Waals surface area contributed by atoms with Crippen LogP contribution >= 0.6 is 0 Å². The molecule has 0 aromatic heterocycles. The van der Waals surface area contributed by atoms with Crippen molar-refractivity contribution in [3.63, 3.8) is 0 Å². The second kappa shape index (κ2) is 4.44. The Bertz CT molecular complexity index is 312. The fourth-order valence-electron chi connectivity index (χ4n) is 1.29. The number of anilines is 1. The smallest absolute Gasteiger partial charge is 0.387 e. The Balaban J connectivity index is 1.91. The average molecular weight is 215 g/mol. The Morgan fingerprint density at radius 1 is 1.27 bits per heavy atom. The fraction of sp³-hybridized carbons (Fsp3) is 0.400. The first-order chi connectivity index (χ1) is 7.24. The summed E-state index contributed by atoms with van der Waals surface area (Å²) in [6.45, 7) is -1.39. The molecular formula is C10H11F2NO2. The van der Waals surface area contributed by atoms with Crippen molar-refractivity contribution in [2.24, 2.45) is 0 Å². The lowest BCUT2D eigenvalue weighted by atomic mass is 10.2. The Kier molecular flexibility index (Phi) is 3.01. The van der Waals surface area contributed by atoms with Crippen LogP contribution in [0.2, 0.25) is 0 Å². The van der Waals surface area contributed by atoms with Crippen LogP contribution in [-0.4, -0.2) is 25.9 Å². The molecule has 15 heavy (non-hydrogen) atoms. The van der Waals surface area contributed by atoms with E-state index in [0.29, 0.717) is 19.3 Å². The third-order valence-corrected chi connectivity index (χ3v) is 2.09. The van der Waals surface area contributed by atoms with Crippen molar-refractivity contribution in [1.29, 1.82) is 0 Å². The van der Waals surface area contributed by atoms with Gasteiger partial charge >= 0.3 is 6.61 Å². The summed E-state index contributed by atoms with van der Waals surface area (Å²) in [5.74, 6) is 0.167. The van der Waals surface area contributed by atoms with Crippen molar-refractivity contribution < 1.29 is 18.3 Å². The molecule has 1 aliphatic rings. The van der Waals surface area contributed by atoms with Crippen LogP contribution < -0.4 is 10.1 Å². The van der Waals surface area contributed by atoms with E-state index in [-0.39, 0.29) is 5.75 Å². The van der Waals surface area contributed by atoms with Gasteiger partial charge in [-0.05, 0) is 24.3 Å². The topological polar surface area (TPSA) is 30.5 Å². The van der Waals surface area contributed by atoms with Crippen LogP contribution in [0.25, 0.3) is 0 Å². The van der Waals surface area contributed by atoms with Crippen molar-refractivity contribution in [1.82, 2.24) is 0 Å². The van der Waals surface area contributed by atoms with Gasteiger partial charge in [0, 0.05) is 5.69 Å². The number of rotatable bonds is 4. The van der Waals surface area contributed by atoms with Gasteiger partial charge in [-0.25, -0.2) is 0 Å². The number of nitrogens with one attached hydrogen (secondary N) is 1. The van der Waals surface area contributed by atoms with E-state index in [1.807, 2.05) is 0 Å². The van der Waals surface area contributed by atoms with Gasteiger partial charge in [-0.3, -0.25) is 0 Å². The third-order valence-electron chi connectivity index (χ3n) is 2.09. The fourth-order valence-corrected chi connectivity index (χ4v) is 1.29. The molecule has 2 rings (SSSR count). The van der Waals surface area contributed by atoms with Crippen LogP contribution in [-0.2, 0) is 4.74 Å². The molecule has 3 nitrogen and oxygen atoms in total. The number of halogens is 2. The molecule has 5 heteroatoms. The minimum Gasteiger partial charge on any atom is -0.435 e. The van der Waals surface area contributed by atoms with Crippen LogP contribution in [0.5, 0.6) is 5.75 Å². The van der Waals surface area contributed by atoms with Crippen molar-refractivity contribution >= 4 is 5.69 Å². The molecule has 0 atom stereocenters. The molecule has 0 bridgehead atoms. The Morgan fingerprint density at radius 2 is 1.93 bits per heavy atom. The second-order valence-corrected chi connectivity index (χ2v) is 3.28. The lowest BCUT2D eigenvalue weighted by molar-refractivity contribution is -0.0498. The predicted octanol–water partition coefficient (Wildman–Crippen LogP) is 2.10. The van der Waals surface area contributed by atoms with Gasteiger partial charge in [0.05, 0.1) is 19.3 Å². The second-order valence-electron chi connectivity index (χ2n) is 3.28. The maximum absolute atomic E-state index is 11.8. The largest absolute Gasteiger partial charge is 0.435 e. The molecule has 1 aliphatic heterocycles. The zero-order chi connectivity index (χ0) is 10.7. The maximum atomic E-state index is 11.8. The molecule has 0 spiro atoms. The summed E-state index contributed by atoms with van der Waals surface area (Å²) in [5.41, 5.74) is 0.880.